The van der Waals surface area contributed by atoms with Gasteiger partial charge in [-0.25, -0.2) is 14.4 Å². The maximum atomic E-state index is 13.8. The summed E-state index contributed by atoms with van der Waals surface area (Å²) in [5, 5.41) is 11.2. The van der Waals surface area contributed by atoms with Crippen LogP contribution in [-0.2, 0) is 26.3 Å². The Bertz CT molecular complexity index is 1470. The van der Waals surface area contributed by atoms with Gasteiger partial charge in [0, 0.05) is 41.3 Å². The van der Waals surface area contributed by atoms with Gasteiger partial charge in [-0.1, -0.05) is 41.9 Å². The van der Waals surface area contributed by atoms with Crippen LogP contribution >= 0.6 is 11.6 Å². The molecule has 2 aliphatic heterocycles. The van der Waals surface area contributed by atoms with Crippen molar-refractivity contribution in [1.82, 2.24) is 10.2 Å². The molecule has 0 radical (unpaired) electrons. The number of rotatable bonds is 6. The number of hydrogen-bond acceptors (Lipinski definition) is 6. The van der Waals surface area contributed by atoms with Crippen LogP contribution < -0.4 is 21.3 Å². The van der Waals surface area contributed by atoms with E-state index in [0.29, 0.717) is 40.6 Å². The van der Waals surface area contributed by atoms with Crippen LogP contribution in [0.1, 0.15) is 17.5 Å². The molecule has 41 heavy (non-hydrogen) atoms. The molecule has 0 aromatic heterocycles. The van der Waals surface area contributed by atoms with Crippen molar-refractivity contribution in [2.45, 2.75) is 24.5 Å². The van der Waals surface area contributed by atoms with Gasteiger partial charge in [0.15, 0.2) is 5.60 Å². The number of benzene rings is 3. The molecule has 2 heterocycles. The van der Waals surface area contributed by atoms with E-state index < -0.39 is 29.9 Å². The second-order valence-corrected chi connectivity index (χ2v) is 10.2. The topological polar surface area (TPSA) is 138 Å². The summed E-state index contributed by atoms with van der Waals surface area (Å²) < 4.78 is 10.3. The van der Waals surface area contributed by atoms with Gasteiger partial charge < -0.3 is 25.0 Å². The number of carbonyl (C=O) groups excluding carboxylic acids is 4. The zero-order valence-electron chi connectivity index (χ0n) is 22.1. The first-order valence-corrected chi connectivity index (χ1v) is 13.3. The molecule has 1 unspecified atom stereocenters. The van der Waals surface area contributed by atoms with Crippen LogP contribution in [0, 0.1) is 0 Å². The number of nitrogens with one attached hydrogen (secondary N) is 4. The predicted molar refractivity (Wildman–Crippen MR) is 153 cm³/mol. The molecule has 5 rings (SSSR count). The average Bonchev–Trinajstić information content (AvgIpc) is 3.38. The number of fused-ring (bicyclic) bond motifs is 2. The summed E-state index contributed by atoms with van der Waals surface area (Å²) in [4.78, 5) is 52.2. The number of likely N-dealkylation sites (tertiary alicyclic amines) is 1. The molecule has 0 saturated carbocycles. The second kappa shape index (κ2) is 11.8. The minimum absolute atomic E-state index is 0.121. The summed E-state index contributed by atoms with van der Waals surface area (Å²) in [5.41, 5.74) is 2.06. The van der Waals surface area contributed by atoms with Gasteiger partial charge in [0.05, 0.1) is 19.3 Å². The number of amides is 5. The van der Waals surface area contributed by atoms with E-state index in [1.165, 1.54) is 7.11 Å². The summed E-state index contributed by atoms with van der Waals surface area (Å²) in [6.45, 7) is 0.442. The number of halogens is 1. The lowest BCUT2D eigenvalue weighted by atomic mass is 9.90. The van der Waals surface area contributed by atoms with E-state index in [-0.39, 0.29) is 18.9 Å². The van der Waals surface area contributed by atoms with Crippen molar-refractivity contribution in [2.24, 2.45) is 0 Å². The number of methoxy groups -OCH3 is 1. The van der Waals surface area contributed by atoms with Gasteiger partial charge in [0.2, 0.25) is 5.91 Å². The largest absolute Gasteiger partial charge is 0.453 e. The lowest BCUT2D eigenvalue weighted by Gasteiger charge is -2.35. The predicted octanol–water partition coefficient (Wildman–Crippen LogP) is 4.94. The van der Waals surface area contributed by atoms with Crippen molar-refractivity contribution >= 4 is 52.8 Å². The Labute approximate surface area is 241 Å². The van der Waals surface area contributed by atoms with Gasteiger partial charge in [0.25, 0.3) is 0 Å². The second-order valence-electron chi connectivity index (χ2n) is 9.74. The number of anilines is 3. The molecule has 1 fully saturated rings. The lowest BCUT2D eigenvalue weighted by Crippen LogP contribution is -2.51. The van der Waals surface area contributed by atoms with Gasteiger partial charge in [-0.3, -0.25) is 15.4 Å². The molecule has 212 valence electrons. The summed E-state index contributed by atoms with van der Waals surface area (Å²) in [6.07, 6.45) is -0.571. The lowest BCUT2D eigenvalue weighted by molar-refractivity contribution is -0.133. The van der Waals surface area contributed by atoms with Gasteiger partial charge in [-0.2, -0.15) is 0 Å². The molecule has 1 saturated heterocycles. The van der Waals surface area contributed by atoms with Crippen LogP contribution in [0.2, 0.25) is 5.02 Å². The van der Waals surface area contributed by atoms with E-state index >= 15 is 0 Å². The molecule has 0 bridgehead atoms. The van der Waals surface area contributed by atoms with Crippen LogP contribution in [0.25, 0.3) is 0 Å². The van der Waals surface area contributed by atoms with Crippen LogP contribution in [0.4, 0.5) is 31.4 Å². The van der Waals surface area contributed by atoms with E-state index in [0.717, 1.165) is 5.56 Å². The highest BCUT2D eigenvalue weighted by Crippen LogP contribution is 2.43. The number of urea groups is 1. The number of carbonyl (C=O) groups is 4. The van der Waals surface area contributed by atoms with Crippen LogP contribution in [0.15, 0.2) is 72.8 Å². The molecule has 3 aromatic rings. The molecular weight excluding hydrogens is 550 g/mol. The fourth-order valence-electron chi connectivity index (χ4n) is 5.05. The molecule has 2 aliphatic rings. The van der Waals surface area contributed by atoms with Crippen molar-refractivity contribution in [2.75, 3.05) is 36.1 Å². The Hall–Kier alpha value is -4.77. The first-order valence-electron chi connectivity index (χ1n) is 12.9. The van der Waals surface area contributed by atoms with Gasteiger partial charge in [-0.15, -0.1) is 0 Å². The van der Waals surface area contributed by atoms with Gasteiger partial charge in [-0.05, 0) is 48.0 Å². The molecular formula is C29H28ClN5O6. The quantitative estimate of drug-likeness (QED) is 0.327. The Morgan fingerprint density at radius 2 is 1.76 bits per heavy atom. The summed E-state index contributed by atoms with van der Waals surface area (Å²) >= 11 is 6.25. The zero-order chi connectivity index (χ0) is 29.0. The third kappa shape index (κ3) is 6.36. The fraction of sp³-hybridized carbons (Fsp3) is 0.241. The highest BCUT2D eigenvalue weighted by Gasteiger charge is 2.49. The Kier molecular flexibility index (Phi) is 7.97. The fourth-order valence-corrected chi connectivity index (χ4v) is 5.22. The highest BCUT2D eigenvalue weighted by molar-refractivity contribution is 6.30. The molecule has 4 N–H and O–H groups in total. The van der Waals surface area contributed by atoms with E-state index in [1.807, 2.05) is 30.3 Å². The minimum Gasteiger partial charge on any atom is -0.453 e. The third-order valence-electron chi connectivity index (χ3n) is 7.00. The average molecular weight is 578 g/mol. The highest BCUT2D eigenvalue weighted by atomic mass is 35.5. The Morgan fingerprint density at radius 1 is 1.05 bits per heavy atom. The molecule has 5 amide bonds. The van der Waals surface area contributed by atoms with Crippen molar-refractivity contribution in [1.29, 1.82) is 0 Å². The van der Waals surface area contributed by atoms with E-state index in [1.54, 1.807) is 47.4 Å². The SMILES string of the molecule is COC(=O)Nc1ccc(NC(=O)N[C@@H](Cc2ccccc2)C(=O)N2CCC3(C2)OC(=O)Nc2ccc(Cl)cc23)cc1. The van der Waals surface area contributed by atoms with Crippen LogP contribution in [-0.4, -0.2) is 55.3 Å². The molecule has 0 aliphatic carbocycles. The van der Waals surface area contributed by atoms with Gasteiger partial charge >= 0.3 is 18.2 Å². The van der Waals surface area contributed by atoms with Crippen molar-refractivity contribution < 1.29 is 28.7 Å². The van der Waals surface area contributed by atoms with Crippen molar-refractivity contribution in [3.8, 4) is 0 Å². The maximum absolute atomic E-state index is 13.8. The maximum Gasteiger partial charge on any atom is 0.412 e. The molecule has 1 spiro atoms. The molecule has 12 heteroatoms. The summed E-state index contributed by atoms with van der Waals surface area (Å²) in [5.74, 6) is -0.309. The smallest absolute Gasteiger partial charge is 0.412 e. The van der Waals surface area contributed by atoms with Crippen LogP contribution in [0.3, 0.4) is 0 Å². The first kappa shape index (κ1) is 27.8. The first-order chi connectivity index (χ1) is 19.7. The minimum atomic E-state index is -1.04. The van der Waals surface area contributed by atoms with E-state index in [2.05, 4.69) is 26.0 Å². The van der Waals surface area contributed by atoms with E-state index in [4.69, 9.17) is 16.3 Å². The van der Waals surface area contributed by atoms with Crippen molar-refractivity contribution in [3.05, 3.63) is 88.9 Å². The summed E-state index contributed by atoms with van der Waals surface area (Å²) in [7, 11) is 1.26. The molecule has 3 aromatic carbocycles. The molecule has 11 nitrogen and oxygen atoms in total. The number of ether oxygens (including phenoxy) is 2. The van der Waals surface area contributed by atoms with Crippen molar-refractivity contribution in [3.63, 3.8) is 0 Å². The number of hydrogen-bond donors (Lipinski definition) is 4. The number of nitrogens with zero attached hydrogens (tertiary/aromatic N) is 1. The normalized spacial score (nSPS) is 18.0. The summed E-state index contributed by atoms with van der Waals surface area (Å²) in [6, 6.07) is 19.4. The Balaban J connectivity index is 1.32. The monoisotopic (exact) mass is 577 g/mol. The third-order valence-corrected chi connectivity index (χ3v) is 7.24. The Morgan fingerprint density at radius 3 is 2.46 bits per heavy atom. The van der Waals surface area contributed by atoms with E-state index in [9.17, 15) is 19.2 Å². The van der Waals surface area contributed by atoms with Crippen LogP contribution in [0.5, 0.6) is 0 Å². The zero-order valence-corrected chi connectivity index (χ0v) is 22.9. The van der Waals surface area contributed by atoms with Gasteiger partial charge in [0.1, 0.15) is 6.04 Å². The molecule has 2 atom stereocenters. The standard InChI is InChI=1S/C29H28ClN5O6/c1-40-27(38)32-21-10-8-20(9-11-21)31-26(37)33-24(15-18-5-3-2-4-6-18)25(36)35-14-13-29(17-35)22-16-19(30)7-12-23(22)34-28(39)41-29/h2-12,16,24H,13-15,17H2,1H3,(H,32,38)(H,34,39)(H2,31,33,37)/t24-,29?/m0/s1.